The third-order valence-corrected chi connectivity index (χ3v) is 5.81. The van der Waals surface area contributed by atoms with E-state index >= 15 is 0 Å². The summed E-state index contributed by atoms with van der Waals surface area (Å²) in [6.07, 6.45) is 15.3. The Morgan fingerprint density at radius 2 is 1.75 bits per heavy atom. The highest BCUT2D eigenvalue weighted by Gasteiger charge is 2.19. The molecule has 0 amide bonds. The molecule has 0 aliphatic heterocycles. The Morgan fingerprint density at radius 1 is 1.12 bits per heavy atom. The van der Waals surface area contributed by atoms with Crippen LogP contribution in [0.4, 0.5) is 4.39 Å². The van der Waals surface area contributed by atoms with Gasteiger partial charge in [-0.25, -0.2) is 4.39 Å². The molecule has 1 aromatic heterocycles. The molecule has 178 valence electrons. The third kappa shape index (κ3) is 10.1. The summed E-state index contributed by atoms with van der Waals surface area (Å²) in [7, 11) is 0. The zero-order chi connectivity index (χ0) is 24.7. The van der Waals surface area contributed by atoms with Crippen molar-refractivity contribution >= 4 is 11.8 Å². The van der Waals surface area contributed by atoms with Crippen LogP contribution in [-0.4, -0.2) is 16.3 Å². The van der Waals surface area contributed by atoms with Crippen molar-refractivity contribution in [3.63, 3.8) is 0 Å². The second kappa shape index (κ2) is 16.6. The van der Waals surface area contributed by atoms with Crippen molar-refractivity contribution in [1.82, 2.24) is 4.57 Å². The Hall–Kier alpha value is -2.04. The molecule has 1 N–H and O–H groups in total. The molecule has 2 nitrogen and oxygen atoms in total. The van der Waals surface area contributed by atoms with E-state index in [0.29, 0.717) is 12.1 Å². The van der Waals surface area contributed by atoms with E-state index in [0.717, 1.165) is 38.2 Å². The van der Waals surface area contributed by atoms with Crippen LogP contribution in [0.5, 0.6) is 0 Å². The van der Waals surface area contributed by atoms with Crippen LogP contribution in [0.15, 0.2) is 76.3 Å². The average Bonchev–Trinajstić information content (AvgIpc) is 2.94. The predicted octanol–water partition coefficient (Wildman–Crippen LogP) is 8.42. The number of allylic oxidation sites excluding steroid dienone is 11. The maximum Gasteiger partial charge on any atom is 0.115 e. The lowest BCUT2D eigenvalue weighted by atomic mass is 10.2. The number of aromatic nitrogens is 1. The molecular weight excluding hydrogens is 417 g/mol. The quantitative estimate of drug-likeness (QED) is 0.280. The molecule has 0 radical (unpaired) electrons. The van der Waals surface area contributed by atoms with Gasteiger partial charge in [0.05, 0.1) is 11.6 Å². The molecule has 1 rings (SSSR count). The second-order valence-corrected chi connectivity index (χ2v) is 9.35. The van der Waals surface area contributed by atoms with Crippen molar-refractivity contribution in [3.8, 4) is 0 Å². The summed E-state index contributed by atoms with van der Waals surface area (Å²) in [6.45, 7) is 20.3. The fourth-order valence-corrected chi connectivity index (χ4v) is 4.06. The number of halogens is 1. The average molecular weight is 460 g/mol. The minimum absolute atomic E-state index is 0.0116. The SMILES string of the molecule is C=C/C=C(\C=C/C)Cn1c(C)c(CO)c(C)c1S/C(C)=C(/C=C\C=C/C)CF.CC(C)C. The summed E-state index contributed by atoms with van der Waals surface area (Å²) in [5.41, 5.74) is 4.77. The molecule has 1 aromatic rings. The van der Waals surface area contributed by atoms with Gasteiger partial charge in [-0.1, -0.05) is 87.7 Å². The van der Waals surface area contributed by atoms with E-state index in [1.165, 1.54) is 0 Å². The van der Waals surface area contributed by atoms with Crippen molar-refractivity contribution in [1.29, 1.82) is 0 Å². The highest BCUT2D eigenvalue weighted by molar-refractivity contribution is 8.03. The van der Waals surface area contributed by atoms with Gasteiger partial charge in [0.1, 0.15) is 6.67 Å². The first-order valence-electron chi connectivity index (χ1n) is 11.1. The lowest BCUT2D eigenvalue weighted by Crippen LogP contribution is -2.04. The van der Waals surface area contributed by atoms with Crippen LogP contribution in [0.25, 0.3) is 0 Å². The molecule has 4 heteroatoms. The van der Waals surface area contributed by atoms with E-state index in [9.17, 15) is 9.50 Å². The van der Waals surface area contributed by atoms with Crippen LogP contribution in [-0.2, 0) is 13.2 Å². The Kier molecular flexibility index (Phi) is 15.5. The van der Waals surface area contributed by atoms with Crippen molar-refractivity contribution in [2.24, 2.45) is 5.92 Å². The van der Waals surface area contributed by atoms with Gasteiger partial charge in [-0.3, -0.25) is 0 Å². The molecule has 0 aliphatic carbocycles. The minimum atomic E-state index is -0.515. The van der Waals surface area contributed by atoms with Gasteiger partial charge in [0.25, 0.3) is 0 Å². The zero-order valence-corrected chi connectivity index (χ0v) is 22.0. The van der Waals surface area contributed by atoms with E-state index in [-0.39, 0.29) is 6.61 Å². The Bertz CT molecular complexity index is 864. The standard InChI is InChI=1S/C24H32FNOS.C4H10/c1-7-10-11-14-22(15-25)20(6)28-24-18(4)23(17-27)19(5)26(24)16-21(12-8-2)13-9-3;1-4(2)3/h7-14,27H,2,15-17H2,1,3-6H3;4H,1-3H3/b10-7-,13-9-,14-11-,21-12+,22-20-;. The molecule has 0 fully saturated rings. The molecule has 0 spiro atoms. The van der Waals surface area contributed by atoms with Crippen molar-refractivity contribution in [2.45, 2.75) is 73.6 Å². The number of aliphatic hydroxyl groups excluding tert-OH is 1. The first-order valence-corrected chi connectivity index (χ1v) is 12.0. The molecule has 0 aliphatic rings. The predicted molar refractivity (Wildman–Crippen MR) is 142 cm³/mol. The summed E-state index contributed by atoms with van der Waals surface area (Å²) >= 11 is 1.56. The summed E-state index contributed by atoms with van der Waals surface area (Å²) < 4.78 is 15.8. The van der Waals surface area contributed by atoms with Gasteiger partial charge in [-0.2, -0.15) is 0 Å². The molecule has 0 unspecified atom stereocenters. The fraction of sp³-hybridized carbons (Fsp3) is 0.429. The van der Waals surface area contributed by atoms with Crippen LogP contribution in [0.1, 0.15) is 58.4 Å². The van der Waals surface area contributed by atoms with Crippen LogP contribution >= 0.6 is 11.8 Å². The van der Waals surface area contributed by atoms with Crippen LogP contribution < -0.4 is 0 Å². The first-order chi connectivity index (χ1) is 15.2. The number of nitrogens with zero attached hydrogens (tertiary/aromatic N) is 1. The van der Waals surface area contributed by atoms with E-state index < -0.39 is 6.67 Å². The molecule has 0 saturated heterocycles. The fourth-order valence-electron chi connectivity index (χ4n) is 2.93. The normalized spacial score (nSPS) is 13.3. The molecule has 0 bridgehead atoms. The van der Waals surface area contributed by atoms with Crippen molar-refractivity contribution in [3.05, 3.63) is 88.1 Å². The smallest absolute Gasteiger partial charge is 0.115 e. The van der Waals surface area contributed by atoms with Gasteiger partial charge in [-0.05, 0) is 62.2 Å². The van der Waals surface area contributed by atoms with Crippen LogP contribution in [0.3, 0.4) is 0 Å². The van der Waals surface area contributed by atoms with Gasteiger partial charge in [0.2, 0.25) is 0 Å². The van der Waals surface area contributed by atoms with Crippen molar-refractivity contribution < 1.29 is 9.50 Å². The Labute approximate surface area is 200 Å². The van der Waals surface area contributed by atoms with Crippen LogP contribution in [0, 0.1) is 19.8 Å². The maximum atomic E-state index is 13.6. The summed E-state index contributed by atoms with van der Waals surface area (Å²) in [6, 6.07) is 0. The summed E-state index contributed by atoms with van der Waals surface area (Å²) in [4.78, 5) is 0.912. The molecule has 1 heterocycles. The number of aliphatic hydroxyl groups is 1. The Balaban J connectivity index is 0.00000220. The lowest BCUT2D eigenvalue weighted by molar-refractivity contribution is 0.280. The van der Waals surface area contributed by atoms with E-state index in [1.54, 1.807) is 17.8 Å². The van der Waals surface area contributed by atoms with E-state index in [4.69, 9.17) is 0 Å². The molecular formula is C28H42FNOS. The lowest BCUT2D eigenvalue weighted by Gasteiger charge is -2.14. The maximum absolute atomic E-state index is 13.6. The first kappa shape index (κ1) is 30.0. The zero-order valence-electron chi connectivity index (χ0n) is 21.2. The second-order valence-electron chi connectivity index (χ2n) is 8.15. The third-order valence-electron chi connectivity index (χ3n) is 4.52. The highest BCUT2D eigenvalue weighted by atomic mass is 32.2. The van der Waals surface area contributed by atoms with Gasteiger partial charge in [0.15, 0.2) is 0 Å². The van der Waals surface area contributed by atoms with Gasteiger partial charge in [0, 0.05) is 17.8 Å². The number of rotatable bonds is 10. The minimum Gasteiger partial charge on any atom is -0.392 e. The topological polar surface area (TPSA) is 25.2 Å². The molecule has 0 saturated carbocycles. The Morgan fingerprint density at radius 3 is 2.22 bits per heavy atom. The van der Waals surface area contributed by atoms with E-state index in [1.807, 2.05) is 71.1 Å². The number of hydrogen-bond acceptors (Lipinski definition) is 2. The molecule has 0 atom stereocenters. The monoisotopic (exact) mass is 459 g/mol. The summed E-state index contributed by atoms with van der Waals surface area (Å²) in [5.74, 6) is 0.833. The summed E-state index contributed by atoms with van der Waals surface area (Å²) in [5, 5.41) is 10.9. The van der Waals surface area contributed by atoms with Gasteiger partial charge >= 0.3 is 0 Å². The van der Waals surface area contributed by atoms with Crippen LogP contribution in [0.2, 0.25) is 0 Å². The highest BCUT2D eigenvalue weighted by Crippen LogP contribution is 2.37. The van der Waals surface area contributed by atoms with E-state index in [2.05, 4.69) is 38.0 Å². The largest absolute Gasteiger partial charge is 0.392 e. The van der Waals surface area contributed by atoms with Gasteiger partial charge < -0.3 is 9.67 Å². The molecule has 0 aromatic carbocycles. The van der Waals surface area contributed by atoms with Crippen molar-refractivity contribution in [2.75, 3.05) is 6.67 Å². The number of hydrogen-bond donors (Lipinski definition) is 1. The van der Waals surface area contributed by atoms with Gasteiger partial charge in [-0.15, -0.1) is 0 Å². The molecule has 32 heavy (non-hydrogen) atoms. The number of thioether (sulfide) groups is 1. The number of alkyl halides is 1.